The fraction of sp³-hybridized carbons (Fsp3) is 0.421. The molecule has 1 saturated carbocycles. The van der Waals surface area contributed by atoms with E-state index in [1.807, 2.05) is 13.0 Å². The molecule has 0 spiro atoms. The Morgan fingerprint density at radius 2 is 1.96 bits per heavy atom. The average Bonchev–Trinajstić information content (AvgIpc) is 2.98. The van der Waals surface area contributed by atoms with Gasteiger partial charge < -0.3 is 19.9 Å². The van der Waals surface area contributed by atoms with Crippen molar-refractivity contribution in [1.29, 1.82) is 0 Å². The Balaban J connectivity index is 1.92. The second-order valence-electron chi connectivity index (χ2n) is 6.48. The van der Waals surface area contributed by atoms with E-state index in [-0.39, 0.29) is 11.8 Å². The Bertz CT molecular complexity index is 801. The Kier molecular flexibility index (Phi) is 5.48. The summed E-state index contributed by atoms with van der Waals surface area (Å²) in [6.07, 6.45) is 0.702. The lowest BCUT2D eigenvalue weighted by molar-refractivity contribution is 0.0231. The summed E-state index contributed by atoms with van der Waals surface area (Å²) in [4.78, 5) is 14.3. The SMILES string of the molecule is COc1ccc(F)cc1C(NC(=O)c1sc(C)cc1OC)C1CC(O)C1. The highest BCUT2D eigenvalue weighted by molar-refractivity contribution is 7.14. The molecule has 1 fully saturated rings. The van der Waals surface area contributed by atoms with Crippen LogP contribution in [0.25, 0.3) is 0 Å². The van der Waals surface area contributed by atoms with Gasteiger partial charge in [0.05, 0.1) is 26.4 Å². The van der Waals surface area contributed by atoms with E-state index in [1.165, 1.54) is 37.7 Å². The molecule has 0 bridgehead atoms. The first-order valence-corrected chi connectivity index (χ1v) is 9.21. The van der Waals surface area contributed by atoms with Crippen LogP contribution in [0, 0.1) is 18.7 Å². The normalized spacial score (nSPS) is 20.2. The highest BCUT2D eigenvalue weighted by Crippen LogP contribution is 2.42. The van der Waals surface area contributed by atoms with E-state index in [0.29, 0.717) is 34.8 Å². The highest BCUT2D eigenvalue weighted by Gasteiger charge is 2.37. The molecule has 0 saturated heterocycles. The second-order valence-corrected chi connectivity index (χ2v) is 7.73. The largest absolute Gasteiger partial charge is 0.496 e. The summed E-state index contributed by atoms with van der Waals surface area (Å²) in [6, 6.07) is 5.61. The van der Waals surface area contributed by atoms with Crippen LogP contribution in [0.2, 0.25) is 0 Å². The third kappa shape index (κ3) is 3.68. The molecule has 1 amide bonds. The van der Waals surface area contributed by atoms with Crippen molar-refractivity contribution in [3.05, 3.63) is 45.4 Å². The van der Waals surface area contributed by atoms with Gasteiger partial charge in [-0.3, -0.25) is 4.79 Å². The van der Waals surface area contributed by atoms with Crippen molar-refractivity contribution in [2.45, 2.75) is 31.9 Å². The molecule has 140 valence electrons. The average molecular weight is 379 g/mol. The molecule has 0 aliphatic heterocycles. The first-order valence-electron chi connectivity index (χ1n) is 8.39. The molecule has 3 rings (SSSR count). The molecule has 1 aliphatic carbocycles. The van der Waals surface area contributed by atoms with E-state index < -0.39 is 18.0 Å². The van der Waals surface area contributed by atoms with Gasteiger partial charge in [0, 0.05) is 10.4 Å². The Morgan fingerprint density at radius 3 is 2.58 bits per heavy atom. The first-order chi connectivity index (χ1) is 12.4. The lowest BCUT2D eigenvalue weighted by Crippen LogP contribution is -2.41. The molecule has 7 heteroatoms. The minimum absolute atomic E-state index is 0.0108. The van der Waals surface area contributed by atoms with Crippen LogP contribution in [0.1, 0.15) is 39.0 Å². The van der Waals surface area contributed by atoms with E-state index >= 15 is 0 Å². The van der Waals surface area contributed by atoms with Crippen molar-refractivity contribution < 1.29 is 23.8 Å². The van der Waals surface area contributed by atoms with Crippen molar-refractivity contribution in [3.8, 4) is 11.5 Å². The maximum Gasteiger partial charge on any atom is 0.265 e. The number of benzene rings is 1. The third-order valence-electron chi connectivity index (χ3n) is 4.68. The summed E-state index contributed by atoms with van der Waals surface area (Å²) >= 11 is 1.34. The van der Waals surface area contributed by atoms with Gasteiger partial charge in [0.25, 0.3) is 5.91 Å². The van der Waals surface area contributed by atoms with Crippen molar-refractivity contribution in [2.24, 2.45) is 5.92 Å². The Labute approximate surface area is 155 Å². The quantitative estimate of drug-likeness (QED) is 0.807. The van der Waals surface area contributed by atoms with Crippen LogP contribution in [-0.4, -0.2) is 31.3 Å². The zero-order valence-electron chi connectivity index (χ0n) is 14.9. The summed E-state index contributed by atoms with van der Waals surface area (Å²) in [6.45, 7) is 1.90. The number of aliphatic hydroxyl groups excluding tert-OH is 1. The summed E-state index contributed by atoms with van der Waals surface area (Å²) in [5, 5.41) is 12.7. The Morgan fingerprint density at radius 1 is 1.27 bits per heavy atom. The van der Waals surface area contributed by atoms with Crippen LogP contribution in [0.15, 0.2) is 24.3 Å². The molecule has 1 aliphatic rings. The molecule has 0 radical (unpaired) electrons. The smallest absolute Gasteiger partial charge is 0.265 e. The van der Waals surface area contributed by atoms with Crippen LogP contribution < -0.4 is 14.8 Å². The van der Waals surface area contributed by atoms with Crippen LogP contribution in [0.3, 0.4) is 0 Å². The fourth-order valence-corrected chi connectivity index (χ4v) is 4.19. The third-order valence-corrected chi connectivity index (χ3v) is 5.71. The molecule has 1 atom stereocenters. The van der Waals surface area contributed by atoms with Gasteiger partial charge in [-0.15, -0.1) is 11.3 Å². The van der Waals surface area contributed by atoms with E-state index in [9.17, 15) is 14.3 Å². The van der Waals surface area contributed by atoms with Crippen LogP contribution in [-0.2, 0) is 0 Å². The van der Waals surface area contributed by atoms with Crippen LogP contribution in [0.4, 0.5) is 4.39 Å². The summed E-state index contributed by atoms with van der Waals surface area (Å²) in [5.41, 5.74) is 0.574. The number of carbonyl (C=O) groups excluding carboxylic acids is 1. The van der Waals surface area contributed by atoms with Crippen molar-refractivity contribution in [1.82, 2.24) is 5.32 Å². The molecule has 1 heterocycles. The van der Waals surface area contributed by atoms with Crippen LogP contribution >= 0.6 is 11.3 Å². The number of hydrogen-bond donors (Lipinski definition) is 2. The number of halogens is 1. The van der Waals surface area contributed by atoms with Gasteiger partial charge in [0.15, 0.2) is 0 Å². The van der Waals surface area contributed by atoms with Gasteiger partial charge in [-0.25, -0.2) is 4.39 Å². The number of ether oxygens (including phenoxy) is 2. The van der Waals surface area contributed by atoms with Crippen molar-refractivity contribution >= 4 is 17.2 Å². The lowest BCUT2D eigenvalue weighted by Gasteiger charge is -2.38. The van der Waals surface area contributed by atoms with Crippen molar-refractivity contribution in [2.75, 3.05) is 14.2 Å². The van der Waals surface area contributed by atoms with Gasteiger partial charge in [-0.1, -0.05) is 0 Å². The molecule has 1 aromatic heterocycles. The van der Waals surface area contributed by atoms with E-state index in [2.05, 4.69) is 5.32 Å². The number of hydrogen-bond acceptors (Lipinski definition) is 5. The first kappa shape index (κ1) is 18.7. The maximum absolute atomic E-state index is 13.9. The fourth-order valence-electron chi connectivity index (χ4n) is 3.31. The molecular weight excluding hydrogens is 357 g/mol. The number of carbonyl (C=O) groups is 1. The van der Waals surface area contributed by atoms with Gasteiger partial charge >= 0.3 is 0 Å². The number of nitrogens with one attached hydrogen (secondary N) is 1. The van der Waals surface area contributed by atoms with E-state index in [1.54, 1.807) is 6.07 Å². The maximum atomic E-state index is 13.9. The topological polar surface area (TPSA) is 67.8 Å². The summed E-state index contributed by atoms with van der Waals surface area (Å²) < 4.78 is 24.5. The standard InChI is InChI=1S/C19H22FNO4S/c1-10-6-16(25-3)18(26-10)19(23)21-17(11-7-13(22)8-11)14-9-12(20)4-5-15(14)24-2/h4-6,9,11,13,17,22H,7-8H2,1-3H3,(H,21,23). The van der Waals surface area contributed by atoms with E-state index in [4.69, 9.17) is 9.47 Å². The van der Waals surface area contributed by atoms with Gasteiger partial charge in [0.1, 0.15) is 22.2 Å². The summed E-state index contributed by atoms with van der Waals surface area (Å²) in [5.74, 6) is 0.356. The number of amides is 1. The Hall–Kier alpha value is -2.12. The molecule has 2 aromatic rings. The minimum atomic E-state index is -0.455. The van der Waals surface area contributed by atoms with E-state index in [0.717, 1.165) is 4.88 Å². The number of aryl methyl sites for hydroxylation is 1. The number of rotatable bonds is 6. The highest BCUT2D eigenvalue weighted by atomic mass is 32.1. The predicted octanol–water partition coefficient (Wildman–Crippen LogP) is 3.45. The van der Waals surface area contributed by atoms with Crippen LogP contribution in [0.5, 0.6) is 11.5 Å². The zero-order chi connectivity index (χ0) is 18.8. The predicted molar refractivity (Wildman–Crippen MR) is 97.5 cm³/mol. The number of thiophene rings is 1. The zero-order valence-corrected chi connectivity index (χ0v) is 15.7. The number of aliphatic hydroxyl groups is 1. The molecule has 26 heavy (non-hydrogen) atoms. The molecule has 1 aromatic carbocycles. The second kappa shape index (κ2) is 7.63. The minimum Gasteiger partial charge on any atom is -0.496 e. The monoisotopic (exact) mass is 379 g/mol. The molecule has 1 unspecified atom stereocenters. The van der Waals surface area contributed by atoms with Crippen molar-refractivity contribution in [3.63, 3.8) is 0 Å². The molecule has 2 N–H and O–H groups in total. The van der Waals surface area contributed by atoms with Gasteiger partial charge in [-0.2, -0.15) is 0 Å². The summed E-state index contributed by atoms with van der Waals surface area (Å²) in [7, 11) is 3.03. The van der Waals surface area contributed by atoms with Gasteiger partial charge in [0.2, 0.25) is 0 Å². The van der Waals surface area contributed by atoms with Gasteiger partial charge in [-0.05, 0) is 49.9 Å². The molecule has 5 nitrogen and oxygen atoms in total. The lowest BCUT2D eigenvalue weighted by atomic mass is 9.75. The number of methoxy groups -OCH3 is 2. The molecular formula is C19H22FNO4S.